The fourth-order valence-corrected chi connectivity index (χ4v) is 0.654. The summed E-state index contributed by atoms with van der Waals surface area (Å²) in [7, 11) is 0. The van der Waals surface area contributed by atoms with Gasteiger partial charge in [-0.2, -0.15) is 5.11 Å². The van der Waals surface area contributed by atoms with E-state index < -0.39 is 5.54 Å². The zero-order valence-corrected chi connectivity index (χ0v) is 7.32. The fraction of sp³-hybridized carbons (Fsp3) is 1.00. The van der Waals surface area contributed by atoms with Gasteiger partial charge in [0.1, 0.15) is 6.04 Å². The SMILES string of the molecule is CC(C)(NN)C(CON)N=NN. The van der Waals surface area contributed by atoms with Crippen LogP contribution in [0.4, 0.5) is 0 Å². The van der Waals surface area contributed by atoms with E-state index in [1.54, 1.807) is 0 Å². The molecule has 0 aliphatic carbocycles. The molecule has 7 nitrogen and oxygen atoms in total. The second-order valence-electron chi connectivity index (χ2n) is 2.95. The Hall–Kier alpha value is -0.760. The van der Waals surface area contributed by atoms with Gasteiger partial charge < -0.3 is 10.7 Å². The molecule has 0 aliphatic heterocycles. The Kier molecular flexibility index (Phi) is 4.67. The minimum Gasteiger partial charge on any atom is -0.305 e. The molecule has 1 unspecified atom stereocenters. The maximum absolute atomic E-state index is 5.28. The lowest BCUT2D eigenvalue weighted by Gasteiger charge is -2.28. The number of nitrogens with zero attached hydrogens (tertiary/aromatic N) is 2. The van der Waals surface area contributed by atoms with Crippen molar-refractivity contribution in [2.45, 2.75) is 25.4 Å². The highest BCUT2D eigenvalue weighted by Gasteiger charge is 2.28. The van der Waals surface area contributed by atoms with Crippen molar-refractivity contribution < 1.29 is 4.84 Å². The van der Waals surface area contributed by atoms with E-state index in [0.717, 1.165) is 0 Å². The summed E-state index contributed by atoms with van der Waals surface area (Å²) in [5, 5.41) is 6.87. The molecule has 0 aromatic heterocycles. The lowest BCUT2D eigenvalue weighted by molar-refractivity contribution is 0.0961. The van der Waals surface area contributed by atoms with Crippen molar-refractivity contribution in [2.75, 3.05) is 6.61 Å². The predicted molar refractivity (Wildman–Crippen MR) is 44.4 cm³/mol. The van der Waals surface area contributed by atoms with Gasteiger partial charge in [-0.05, 0) is 13.8 Å². The van der Waals surface area contributed by atoms with E-state index in [-0.39, 0.29) is 12.6 Å². The van der Waals surface area contributed by atoms with Gasteiger partial charge in [0.05, 0.1) is 12.1 Å². The summed E-state index contributed by atoms with van der Waals surface area (Å²) in [6.07, 6.45) is 0. The molecule has 0 amide bonds. The first-order valence-electron chi connectivity index (χ1n) is 3.48. The van der Waals surface area contributed by atoms with Gasteiger partial charge in [-0.25, -0.2) is 5.90 Å². The minimum absolute atomic E-state index is 0.206. The van der Waals surface area contributed by atoms with E-state index >= 15 is 0 Å². The van der Waals surface area contributed by atoms with Crippen LogP contribution in [-0.4, -0.2) is 18.2 Å². The standard InChI is InChI=1S/C5H16N6O/c1-5(2,10-6)4(3-12-8)9-11-7/h4,10H,3,6,8H2,1-2H3,(H2,7,9). The molecular formula is C5H16N6O. The second kappa shape index (κ2) is 4.99. The fourth-order valence-electron chi connectivity index (χ4n) is 0.654. The Morgan fingerprint density at radius 1 is 1.58 bits per heavy atom. The number of nitrogens with two attached hydrogens (primary N) is 3. The molecule has 72 valence electrons. The Morgan fingerprint density at radius 3 is 2.50 bits per heavy atom. The van der Waals surface area contributed by atoms with Crippen LogP contribution in [0.2, 0.25) is 0 Å². The number of nitrogens with one attached hydrogen (secondary N) is 1. The summed E-state index contributed by atoms with van der Waals surface area (Å²) in [5.41, 5.74) is 2.11. The molecule has 0 rings (SSSR count). The van der Waals surface area contributed by atoms with Crippen LogP contribution in [0.25, 0.3) is 0 Å². The largest absolute Gasteiger partial charge is 0.305 e. The summed E-state index contributed by atoms with van der Waals surface area (Å²) in [6.45, 7) is 3.88. The number of hydrogen-bond donors (Lipinski definition) is 4. The van der Waals surface area contributed by atoms with E-state index in [1.165, 1.54) is 0 Å². The van der Waals surface area contributed by atoms with Crippen LogP contribution in [0.3, 0.4) is 0 Å². The summed E-state index contributed by atoms with van der Waals surface area (Å²) in [6, 6.07) is -0.308. The Balaban J connectivity index is 4.27. The van der Waals surface area contributed by atoms with Crippen molar-refractivity contribution in [2.24, 2.45) is 27.9 Å². The monoisotopic (exact) mass is 176 g/mol. The van der Waals surface area contributed by atoms with Gasteiger partial charge in [0.2, 0.25) is 0 Å². The molecule has 7 heteroatoms. The zero-order chi connectivity index (χ0) is 9.61. The van der Waals surface area contributed by atoms with E-state index in [2.05, 4.69) is 20.6 Å². The third-order valence-electron chi connectivity index (χ3n) is 1.67. The molecular weight excluding hydrogens is 160 g/mol. The van der Waals surface area contributed by atoms with Gasteiger partial charge >= 0.3 is 0 Å². The van der Waals surface area contributed by atoms with Gasteiger partial charge in [0.25, 0.3) is 0 Å². The van der Waals surface area contributed by atoms with Gasteiger partial charge in [-0.15, -0.1) is 0 Å². The third-order valence-corrected chi connectivity index (χ3v) is 1.67. The van der Waals surface area contributed by atoms with E-state index in [9.17, 15) is 0 Å². The first-order chi connectivity index (χ1) is 5.58. The first kappa shape index (κ1) is 11.2. The van der Waals surface area contributed by atoms with Gasteiger partial charge in [0.15, 0.2) is 0 Å². The van der Waals surface area contributed by atoms with Crippen LogP contribution >= 0.6 is 0 Å². The molecule has 0 aromatic carbocycles. The van der Waals surface area contributed by atoms with Crippen molar-refractivity contribution in [3.8, 4) is 0 Å². The molecule has 0 aliphatic rings. The number of hydrogen-bond acceptors (Lipinski definition) is 6. The van der Waals surface area contributed by atoms with Crippen LogP contribution in [0.5, 0.6) is 0 Å². The minimum atomic E-state index is -0.456. The molecule has 12 heavy (non-hydrogen) atoms. The Bertz CT molecular complexity index is 147. The van der Waals surface area contributed by atoms with Gasteiger partial charge in [-0.1, -0.05) is 5.22 Å². The molecule has 0 saturated carbocycles. The summed E-state index contributed by atoms with van der Waals surface area (Å²) in [5.74, 6) is 15.1. The highest BCUT2D eigenvalue weighted by Crippen LogP contribution is 2.11. The highest BCUT2D eigenvalue weighted by molar-refractivity contribution is 4.88. The molecule has 0 aromatic rings. The van der Waals surface area contributed by atoms with Crippen molar-refractivity contribution in [1.29, 1.82) is 0 Å². The number of hydrazine groups is 1. The second-order valence-corrected chi connectivity index (χ2v) is 2.95. The van der Waals surface area contributed by atoms with Crippen molar-refractivity contribution in [1.82, 2.24) is 5.43 Å². The molecule has 0 spiro atoms. The maximum Gasteiger partial charge on any atom is 0.117 e. The predicted octanol–water partition coefficient (Wildman–Crippen LogP) is -1.19. The third kappa shape index (κ3) is 3.09. The molecule has 0 heterocycles. The maximum atomic E-state index is 5.28. The molecule has 0 fully saturated rings. The quantitative estimate of drug-likeness (QED) is 0.238. The molecule has 0 bridgehead atoms. The van der Waals surface area contributed by atoms with Gasteiger partial charge in [0, 0.05) is 0 Å². The van der Waals surface area contributed by atoms with Crippen molar-refractivity contribution in [3.63, 3.8) is 0 Å². The first-order valence-corrected chi connectivity index (χ1v) is 3.48. The van der Waals surface area contributed by atoms with E-state index in [0.29, 0.717) is 0 Å². The zero-order valence-electron chi connectivity index (χ0n) is 7.32. The summed E-state index contributed by atoms with van der Waals surface area (Å²) >= 11 is 0. The van der Waals surface area contributed by atoms with Crippen LogP contribution in [-0.2, 0) is 4.84 Å². The topological polar surface area (TPSA) is 124 Å². The van der Waals surface area contributed by atoms with Crippen molar-refractivity contribution in [3.05, 3.63) is 0 Å². The van der Waals surface area contributed by atoms with Crippen LogP contribution in [0.15, 0.2) is 10.3 Å². The van der Waals surface area contributed by atoms with Crippen molar-refractivity contribution >= 4 is 0 Å². The van der Waals surface area contributed by atoms with Gasteiger partial charge in [-0.3, -0.25) is 11.3 Å². The molecule has 1 atom stereocenters. The van der Waals surface area contributed by atoms with E-state index in [1.807, 2.05) is 13.8 Å². The average molecular weight is 176 g/mol. The normalized spacial score (nSPS) is 15.3. The Morgan fingerprint density at radius 2 is 2.17 bits per heavy atom. The van der Waals surface area contributed by atoms with Crippen LogP contribution in [0, 0.1) is 0 Å². The highest BCUT2D eigenvalue weighted by atomic mass is 16.6. The molecule has 7 N–H and O–H groups in total. The smallest absolute Gasteiger partial charge is 0.117 e. The summed E-state index contributed by atoms with van der Waals surface area (Å²) < 4.78 is 0. The average Bonchev–Trinajstić information content (AvgIpc) is 2.04. The molecule has 0 saturated heterocycles. The molecule has 0 radical (unpaired) electrons. The Labute approximate surface area is 71.2 Å². The lowest BCUT2D eigenvalue weighted by atomic mass is 9.97. The van der Waals surface area contributed by atoms with E-state index in [4.69, 9.17) is 17.6 Å². The van der Waals surface area contributed by atoms with Crippen LogP contribution < -0.4 is 23.0 Å². The van der Waals surface area contributed by atoms with Crippen LogP contribution in [0.1, 0.15) is 13.8 Å². The summed E-state index contributed by atoms with van der Waals surface area (Å²) in [4.78, 5) is 4.44. The number of rotatable bonds is 5. The lowest BCUT2D eigenvalue weighted by Crippen LogP contribution is -2.54.